The van der Waals surface area contributed by atoms with E-state index in [4.69, 9.17) is 25.5 Å². The van der Waals surface area contributed by atoms with Crippen LogP contribution in [0.4, 0.5) is 4.79 Å². The molecule has 0 fully saturated rings. The van der Waals surface area contributed by atoms with Gasteiger partial charge >= 0.3 is 17.7 Å². The molecule has 0 aliphatic carbocycles. The summed E-state index contributed by atoms with van der Waals surface area (Å²) in [6.07, 6.45) is -0.750. The molecule has 3 aromatic rings. The van der Waals surface area contributed by atoms with Gasteiger partial charge in [-0.05, 0) is 44.9 Å². The molecule has 1 heterocycles. The number of ether oxygens (including phenoxy) is 2. The molecular formula is C23H22ClNO6. The lowest BCUT2D eigenvalue weighted by molar-refractivity contribution is -0.136. The third kappa shape index (κ3) is 5.64. The third-order valence-corrected chi connectivity index (χ3v) is 4.47. The number of hydrogen-bond acceptors (Lipinski definition) is 6. The van der Waals surface area contributed by atoms with Gasteiger partial charge in [0.2, 0.25) is 0 Å². The van der Waals surface area contributed by atoms with Crippen LogP contribution in [0.2, 0.25) is 5.02 Å². The Hall–Kier alpha value is -3.32. The topological polar surface area (TPSA) is 94.8 Å². The first-order valence-electron chi connectivity index (χ1n) is 9.57. The van der Waals surface area contributed by atoms with Crippen molar-refractivity contribution in [2.45, 2.75) is 39.3 Å². The van der Waals surface area contributed by atoms with E-state index in [-0.39, 0.29) is 16.4 Å². The van der Waals surface area contributed by atoms with E-state index in [2.05, 4.69) is 5.32 Å². The molecule has 0 radical (unpaired) electrons. The highest BCUT2D eigenvalue weighted by molar-refractivity contribution is 6.33. The number of esters is 1. The number of halogens is 1. The highest BCUT2D eigenvalue weighted by Gasteiger charge is 2.23. The summed E-state index contributed by atoms with van der Waals surface area (Å²) in [5.41, 5.74) is 0.420. The van der Waals surface area contributed by atoms with E-state index in [1.165, 1.54) is 19.1 Å². The van der Waals surface area contributed by atoms with Crippen LogP contribution in [-0.2, 0) is 9.53 Å². The number of alkyl carbamates (subject to hydrolysis) is 1. The van der Waals surface area contributed by atoms with Crippen molar-refractivity contribution in [3.63, 3.8) is 0 Å². The molecule has 31 heavy (non-hydrogen) atoms. The van der Waals surface area contributed by atoms with Crippen LogP contribution in [0.25, 0.3) is 22.1 Å². The lowest BCUT2D eigenvalue weighted by atomic mass is 10.0. The maximum atomic E-state index is 12.4. The van der Waals surface area contributed by atoms with Crippen molar-refractivity contribution in [2.24, 2.45) is 0 Å². The smallest absolute Gasteiger partial charge is 0.408 e. The van der Waals surface area contributed by atoms with Gasteiger partial charge in [-0.3, -0.25) is 0 Å². The monoisotopic (exact) mass is 443 g/mol. The summed E-state index contributed by atoms with van der Waals surface area (Å²) in [5, 5.41) is 3.14. The summed E-state index contributed by atoms with van der Waals surface area (Å²) in [5.74, 6) is -0.751. The molecule has 3 rings (SSSR count). The Labute approximate surface area is 183 Å². The van der Waals surface area contributed by atoms with Gasteiger partial charge in [-0.2, -0.15) is 0 Å². The van der Waals surface area contributed by atoms with Crippen LogP contribution >= 0.6 is 11.6 Å². The largest absolute Gasteiger partial charge is 0.444 e. The number of hydrogen-bond donors (Lipinski definition) is 1. The Morgan fingerprint density at radius 1 is 1.10 bits per heavy atom. The van der Waals surface area contributed by atoms with Crippen LogP contribution in [0.15, 0.2) is 57.7 Å². The number of amides is 1. The summed E-state index contributed by atoms with van der Waals surface area (Å²) in [4.78, 5) is 36.3. The highest BCUT2D eigenvalue weighted by Crippen LogP contribution is 2.35. The van der Waals surface area contributed by atoms with E-state index < -0.39 is 29.3 Å². The third-order valence-electron chi connectivity index (χ3n) is 4.18. The van der Waals surface area contributed by atoms with Gasteiger partial charge < -0.3 is 19.2 Å². The van der Waals surface area contributed by atoms with Crippen LogP contribution in [0, 0.1) is 0 Å². The van der Waals surface area contributed by atoms with E-state index in [1.54, 1.807) is 26.8 Å². The van der Waals surface area contributed by atoms with Gasteiger partial charge in [-0.1, -0.05) is 41.9 Å². The predicted molar refractivity (Wildman–Crippen MR) is 117 cm³/mol. The Kier molecular flexibility index (Phi) is 6.36. The standard InChI is InChI=1S/C23H22ClNO6/c1-13(25-22(28)31-23(2,3)4)21(27)30-19-12-18-16(10-17(19)24)15(11-20(26)29-18)14-8-6-5-7-9-14/h5-13H,1-4H3,(H,25,28)/t13-/m0/s1. The summed E-state index contributed by atoms with van der Waals surface area (Å²) in [6, 6.07) is 12.6. The van der Waals surface area contributed by atoms with Gasteiger partial charge in [0.15, 0.2) is 5.75 Å². The van der Waals surface area contributed by atoms with Crippen LogP contribution in [-0.4, -0.2) is 23.7 Å². The number of fused-ring (bicyclic) bond motifs is 1. The molecule has 0 aliphatic heterocycles. The Balaban J connectivity index is 1.87. The fourth-order valence-corrected chi connectivity index (χ4v) is 3.04. The van der Waals surface area contributed by atoms with E-state index >= 15 is 0 Å². The second-order valence-electron chi connectivity index (χ2n) is 7.91. The summed E-state index contributed by atoms with van der Waals surface area (Å²) < 4.78 is 15.7. The van der Waals surface area contributed by atoms with Crippen molar-refractivity contribution < 1.29 is 23.5 Å². The van der Waals surface area contributed by atoms with Crippen LogP contribution < -0.4 is 15.7 Å². The van der Waals surface area contributed by atoms with Gasteiger partial charge in [0, 0.05) is 17.5 Å². The van der Waals surface area contributed by atoms with E-state index in [9.17, 15) is 14.4 Å². The molecule has 2 aromatic carbocycles. The zero-order valence-corrected chi connectivity index (χ0v) is 18.3. The molecule has 0 spiro atoms. The lowest BCUT2D eigenvalue weighted by Gasteiger charge is -2.21. The molecule has 0 unspecified atom stereocenters. The summed E-state index contributed by atoms with van der Waals surface area (Å²) >= 11 is 6.34. The fourth-order valence-electron chi connectivity index (χ4n) is 2.84. The Morgan fingerprint density at radius 2 is 1.77 bits per heavy atom. The molecule has 0 bridgehead atoms. The minimum Gasteiger partial charge on any atom is -0.444 e. The van der Waals surface area contributed by atoms with Gasteiger partial charge in [0.25, 0.3) is 0 Å². The summed E-state index contributed by atoms with van der Waals surface area (Å²) in [7, 11) is 0. The van der Waals surface area contributed by atoms with Crippen LogP contribution in [0.1, 0.15) is 27.7 Å². The van der Waals surface area contributed by atoms with Gasteiger partial charge in [0.1, 0.15) is 17.2 Å². The molecular weight excluding hydrogens is 422 g/mol. The molecule has 8 heteroatoms. The predicted octanol–water partition coefficient (Wildman–Crippen LogP) is 4.93. The van der Waals surface area contributed by atoms with Crippen molar-refractivity contribution in [1.82, 2.24) is 5.32 Å². The SMILES string of the molecule is C[C@H](NC(=O)OC(C)(C)C)C(=O)Oc1cc2oc(=O)cc(-c3ccccc3)c2cc1Cl. The molecule has 0 saturated carbocycles. The fraction of sp³-hybridized carbons (Fsp3) is 0.261. The van der Waals surface area contributed by atoms with Crippen molar-refractivity contribution in [3.05, 3.63) is 64.0 Å². The zero-order valence-electron chi connectivity index (χ0n) is 17.5. The molecule has 1 N–H and O–H groups in total. The van der Waals surface area contributed by atoms with Gasteiger partial charge in [-0.15, -0.1) is 0 Å². The number of carbonyl (C=O) groups is 2. The number of benzene rings is 2. The molecule has 1 aromatic heterocycles. The highest BCUT2D eigenvalue weighted by atomic mass is 35.5. The maximum Gasteiger partial charge on any atom is 0.408 e. The van der Waals surface area contributed by atoms with E-state index in [0.29, 0.717) is 10.9 Å². The minimum absolute atomic E-state index is 0.00497. The van der Waals surface area contributed by atoms with Gasteiger partial charge in [-0.25, -0.2) is 14.4 Å². The molecule has 1 atom stereocenters. The molecule has 1 amide bonds. The molecule has 162 valence electrons. The first-order chi connectivity index (χ1) is 14.5. The second-order valence-corrected chi connectivity index (χ2v) is 8.32. The van der Waals surface area contributed by atoms with Gasteiger partial charge in [0.05, 0.1) is 5.02 Å². The van der Waals surface area contributed by atoms with Crippen molar-refractivity contribution in [3.8, 4) is 16.9 Å². The van der Waals surface area contributed by atoms with Crippen LogP contribution in [0.3, 0.4) is 0 Å². The molecule has 0 saturated heterocycles. The number of rotatable bonds is 4. The Morgan fingerprint density at radius 3 is 2.42 bits per heavy atom. The minimum atomic E-state index is -0.996. The normalized spacial score (nSPS) is 12.3. The summed E-state index contributed by atoms with van der Waals surface area (Å²) in [6.45, 7) is 6.58. The quantitative estimate of drug-likeness (QED) is 0.349. The first kappa shape index (κ1) is 22.4. The van der Waals surface area contributed by atoms with Crippen molar-refractivity contribution in [2.75, 3.05) is 0 Å². The van der Waals surface area contributed by atoms with E-state index in [0.717, 1.165) is 5.56 Å². The second kappa shape index (κ2) is 8.81. The van der Waals surface area contributed by atoms with Crippen molar-refractivity contribution >= 4 is 34.6 Å². The maximum absolute atomic E-state index is 12.4. The molecule has 0 aliphatic rings. The Bertz CT molecular complexity index is 1180. The zero-order chi connectivity index (χ0) is 22.8. The van der Waals surface area contributed by atoms with Crippen LogP contribution in [0.5, 0.6) is 5.75 Å². The average Bonchev–Trinajstić information content (AvgIpc) is 2.67. The van der Waals surface area contributed by atoms with E-state index in [1.807, 2.05) is 30.3 Å². The molecule has 7 nitrogen and oxygen atoms in total. The lowest BCUT2D eigenvalue weighted by Crippen LogP contribution is -2.43. The average molecular weight is 444 g/mol. The number of carbonyl (C=O) groups excluding carboxylic acids is 2. The van der Waals surface area contributed by atoms with Crippen molar-refractivity contribution in [1.29, 1.82) is 0 Å². The number of nitrogens with one attached hydrogen (secondary N) is 1. The first-order valence-corrected chi connectivity index (χ1v) is 9.95.